The SMILES string of the molecule is Cc1ccccc1SC1C(c2cccs2)SC(c2cccs2)C1Sc1ccccc1C. The van der Waals surface area contributed by atoms with Crippen LogP contribution in [0.15, 0.2) is 93.3 Å². The highest BCUT2D eigenvalue weighted by atomic mass is 32.2. The Bertz CT molecular complexity index is 1030. The minimum Gasteiger partial charge on any atom is -0.148 e. The first-order valence-electron chi connectivity index (χ1n) is 10.4. The van der Waals surface area contributed by atoms with E-state index in [1.165, 1.54) is 30.7 Å². The Hall–Kier alpha value is -1.11. The highest BCUT2D eigenvalue weighted by molar-refractivity contribution is 8.08. The first-order chi connectivity index (χ1) is 15.2. The molecule has 0 nitrogen and oxygen atoms in total. The summed E-state index contributed by atoms with van der Waals surface area (Å²) in [5, 5.41) is 6.46. The maximum Gasteiger partial charge on any atom is 0.0531 e. The molecular weight excluding hydrogens is 473 g/mol. The molecule has 0 radical (unpaired) electrons. The zero-order valence-corrected chi connectivity index (χ0v) is 21.5. The summed E-state index contributed by atoms with van der Waals surface area (Å²) < 4.78 is 0. The zero-order chi connectivity index (χ0) is 21.2. The van der Waals surface area contributed by atoms with Gasteiger partial charge in [0.1, 0.15) is 0 Å². The van der Waals surface area contributed by atoms with E-state index in [2.05, 4.69) is 133 Å². The normalized spacial score (nSPS) is 23.3. The number of hydrogen-bond donors (Lipinski definition) is 0. The van der Waals surface area contributed by atoms with Gasteiger partial charge in [-0.15, -0.1) is 58.0 Å². The van der Waals surface area contributed by atoms with Gasteiger partial charge in [0, 0.05) is 30.0 Å². The average Bonchev–Trinajstić information content (AvgIpc) is 3.53. The van der Waals surface area contributed by atoms with Crippen molar-refractivity contribution in [1.82, 2.24) is 0 Å². The molecule has 2 aromatic heterocycles. The van der Waals surface area contributed by atoms with Gasteiger partial charge in [-0.25, -0.2) is 0 Å². The van der Waals surface area contributed by atoms with Gasteiger partial charge in [-0.05, 0) is 60.0 Å². The highest BCUT2D eigenvalue weighted by Crippen LogP contribution is 2.63. The van der Waals surface area contributed by atoms with Gasteiger partial charge >= 0.3 is 0 Å². The maximum absolute atomic E-state index is 2.33. The molecule has 0 N–H and O–H groups in total. The number of aryl methyl sites for hydroxylation is 2. The van der Waals surface area contributed by atoms with Crippen LogP contribution in [-0.4, -0.2) is 10.5 Å². The Balaban J connectivity index is 1.57. The molecule has 4 aromatic rings. The molecule has 1 fully saturated rings. The van der Waals surface area contributed by atoms with Crippen LogP contribution in [0.25, 0.3) is 0 Å². The van der Waals surface area contributed by atoms with Crippen LogP contribution < -0.4 is 0 Å². The van der Waals surface area contributed by atoms with E-state index in [1.807, 2.05) is 22.7 Å². The number of benzene rings is 2. The van der Waals surface area contributed by atoms with Crippen molar-refractivity contribution in [2.24, 2.45) is 0 Å². The Labute approximate surface area is 205 Å². The van der Waals surface area contributed by atoms with Crippen LogP contribution in [0.3, 0.4) is 0 Å². The van der Waals surface area contributed by atoms with E-state index >= 15 is 0 Å². The topological polar surface area (TPSA) is 0 Å². The van der Waals surface area contributed by atoms with Gasteiger partial charge in [0.15, 0.2) is 0 Å². The predicted octanol–water partition coefficient (Wildman–Crippen LogP) is 9.28. The molecule has 5 heteroatoms. The molecule has 5 rings (SSSR count). The fraction of sp³-hybridized carbons (Fsp3) is 0.231. The molecular formula is C26H24S5. The van der Waals surface area contributed by atoms with Crippen LogP contribution in [-0.2, 0) is 0 Å². The average molecular weight is 497 g/mol. The molecule has 2 aromatic carbocycles. The maximum atomic E-state index is 2.33. The van der Waals surface area contributed by atoms with Gasteiger partial charge < -0.3 is 0 Å². The minimum absolute atomic E-state index is 0.498. The standard InChI is InChI=1S/C26H24S5/c1-17-9-3-5-11-19(17)29-25-23(21-13-7-15-27-21)31-24(22-14-8-16-28-22)26(25)30-20-12-6-4-10-18(20)2/h3-16,23-26H,1-2H3. The number of thioether (sulfide) groups is 3. The lowest BCUT2D eigenvalue weighted by Gasteiger charge is -2.26. The van der Waals surface area contributed by atoms with Gasteiger partial charge in [0.25, 0.3) is 0 Å². The lowest BCUT2D eigenvalue weighted by molar-refractivity contribution is 0.813. The third-order valence-corrected chi connectivity index (χ3v) is 13.1. The summed E-state index contributed by atoms with van der Waals surface area (Å²) in [5.41, 5.74) is 2.75. The van der Waals surface area contributed by atoms with Crippen molar-refractivity contribution in [3.8, 4) is 0 Å². The summed E-state index contributed by atoms with van der Waals surface area (Å²) in [7, 11) is 0. The fourth-order valence-corrected chi connectivity index (χ4v) is 11.5. The van der Waals surface area contributed by atoms with Crippen LogP contribution in [0.4, 0.5) is 0 Å². The summed E-state index contributed by atoms with van der Waals surface area (Å²) in [5.74, 6) is 0. The van der Waals surface area contributed by atoms with Crippen molar-refractivity contribution < 1.29 is 0 Å². The van der Waals surface area contributed by atoms with Crippen molar-refractivity contribution in [2.45, 2.75) is 44.6 Å². The number of hydrogen-bond acceptors (Lipinski definition) is 5. The minimum atomic E-state index is 0.498. The molecule has 4 unspecified atom stereocenters. The summed E-state index contributed by atoms with van der Waals surface area (Å²) in [6.45, 7) is 4.48. The molecule has 1 aliphatic rings. The molecule has 1 saturated heterocycles. The Morgan fingerprint density at radius 2 is 1.03 bits per heavy atom. The largest absolute Gasteiger partial charge is 0.148 e. The second-order valence-electron chi connectivity index (χ2n) is 7.70. The number of rotatable bonds is 6. The number of thiophene rings is 2. The first kappa shape index (κ1) is 21.7. The van der Waals surface area contributed by atoms with E-state index in [0.717, 1.165) is 0 Å². The van der Waals surface area contributed by atoms with Crippen molar-refractivity contribution >= 4 is 58.0 Å². The van der Waals surface area contributed by atoms with Crippen LogP contribution in [0.5, 0.6) is 0 Å². The predicted molar refractivity (Wildman–Crippen MR) is 143 cm³/mol. The Kier molecular flexibility index (Phi) is 6.87. The van der Waals surface area contributed by atoms with E-state index < -0.39 is 0 Å². The molecule has 0 saturated carbocycles. The van der Waals surface area contributed by atoms with Crippen molar-refractivity contribution in [1.29, 1.82) is 0 Å². The van der Waals surface area contributed by atoms with E-state index in [-0.39, 0.29) is 0 Å². The third kappa shape index (κ3) is 4.67. The zero-order valence-electron chi connectivity index (χ0n) is 17.4. The molecule has 0 amide bonds. The van der Waals surface area contributed by atoms with Crippen molar-refractivity contribution in [2.75, 3.05) is 0 Å². The molecule has 3 heterocycles. The smallest absolute Gasteiger partial charge is 0.0531 e. The molecule has 31 heavy (non-hydrogen) atoms. The molecule has 0 bridgehead atoms. The van der Waals surface area contributed by atoms with Gasteiger partial charge in [0.2, 0.25) is 0 Å². The molecule has 0 spiro atoms. The van der Waals surface area contributed by atoms with E-state index in [9.17, 15) is 0 Å². The molecule has 158 valence electrons. The monoisotopic (exact) mass is 496 g/mol. The van der Waals surface area contributed by atoms with E-state index in [0.29, 0.717) is 21.0 Å². The highest BCUT2D eigenvalue weighted by Gasteiger charge is 2.47. The summed E-state index contributed by atoms with van der Waals surface area (Å²) in [4.78, 5) is 5.84. The summed E-state index contributed by atoms with van der Waals surface area (Å²) >= 11 is 10.2. The first-order valence-corrected chi connectivity index (χ1v) is 14.8. The lowest BCUT2D eigenvalue weighted by Crippen LogP contribution is -2.21. The van der Waals surface area contributed by atoms with Crippen molar-refractivity contribution in [3.63, 3.8) is 0 Å². The van der Waals surface area contributed by atoms with E-state index in [1.54, 1.807) is 0 Å². The second kappa shape index (κ2) is 9.80. The second-order valence-corrected chi connectivity index (χ2v) is 13.4. The van der Waals surface area contributed by atoms with Gasteiger partial charge in [-0.1, -0.05) is 48.5 Å². The molecule has 0 aliphatic carbocycles. The van der Waals surface area contributed by atoms with Crippen LogP contribution in [0.1, 0.15) is 31.4 Å². The third-order valence-electron chi connectivity index (χ3n) is 5.57. The summed E-state index contributed by atoms with van der Waals surface area (Å²) in [6, 6.07) is 26.8. The van der Waals surface area contributed by atoms with Gasteiger partial charge in [-0.2, -0.15) is 0 Å². The van der Waals surface area contributed by atoms with Gasteiger partial charge in [-0.3, -0.25) is 0 Å². The quantitative estimate of drug-likeness (QED) is 0.261. The Morgan fingerprint density at radius 3 is 1.42 bits per heavy atom. The van der Waals surface area contributed by atoms with Crippen LogP contribution in [0.2, 0.25) is 0 Å². The molecule has 1 aliphatic heterocycles. The molecule has 4 atom stereocenters. The van der Waals surface area contributed by atoms with Crippen molar-refractivity contribution in [3.05, 3.63) is 104 Å². The van der Waals surface area contributed by atoms with Crippen LogP contribution >= 0.6 is 58.0 Å². The lowest BCUT2D eigenvalue weighted by atomic mass is 10.1. The fourth-order valence-electron chi connectivity index (χ4n) is 3.95. The van der Waals surface area contributed by atoms with Gasteiger partial charge in [0.05, 0.1) is 10.5 Å². The van der Waals surface area contributed by atoms with E-state index in [4.69, 9.17) is 0 Å². The van der Waals surface area contributed by atoms with Crippen LogP contribution in [0, 0.1) is 13.8 Å². The Morgan fingerprint density at radius 1 is 0.581 bits per heavy atom. The summed E-state index contributed by atoms with van der Waals surface area (Å²) in [6.07, 6.45) is 0.